The minimum atomic E-state index is 0. The molecule has 0 aromatic carbocycles. The predicted octanol–water partition coefficient (Wildman–Crippen LogP) is 2.08. The van der Waals surface area contributed by atoms with Gasteiger partial charge in [0.05, 0.1) is 5.69 Å². The van der Waals surface area contributed by atoms with Crippen molar-refractivity contribution < 1.29 is 0 Å². The number of hydrazine groups is 1. The molecule has 88 valence electrons. The average Bonchev–Trinajstić information content (AvgIpc) is 2.03. The summed E-state index contributed by atoms with van der Waals surface area (Å²) >= 11 is 5.68. The minimum absolute atomic E-state index is 0. The zero-order valence-electron chi connectivity index (χ0n) is 8.32. The first-order valence-electron chi connectivity index (χ1n) is 3.90. The molecule has 0 amide bonds. The summed E-state index contributed by atoms with van der Waals surface area (Å²) in [7, 11) is 0. The second-order valence-corrected chi connectivity index (χ2v) is 3.26. The summed E-state index contributed by atoms with van der Waals surface area (Å²) in [4.78, 5) is 0. The number of nitrogens with zero attached hydrogens (tertiary/aromatic N) is 2. The highest BCUT2D eigenvalue weighted by molar-refractivity contribution is 6.29. The third-order valence-electron chi connectivity index (χ3n) is 1.34. The number of nitrogen functional groups attached to an aromatic ring is 1. The minimum Gasteiger partial charge on any atom is -0.380 e. The van der Waals surface area contributed by atoms with E-state index >= 15 is 0 Å². The fourth-order valence-electron chi connectivity index (χ4n) is 0.896. The molecule has 0 radical (unpaired) electrons. The lowest BCUT2D eigenvalue weighted by atomic mass is 10.3. The van der Waals surface area contributed by atoms with E-state index in [1.807, 2.05) is 13.8 Å². The van der Waals surface area contributed by atoms with Crippen LogP contribution in [-0.2, 0) is 0 Å². The first kappa shape index (κ1) is 16.9. The van der Waals surface area contributed by atoms with Crippen LogP contribution >= 0.6 is 36.4 Å². The molecule has 0 aliphatic rings. The van der Waals surface area contributed by atoms with Crippen LogP contribution in [-0.4, -0.2) is 16.2 Å². The van der Waals surface area contributed by atoms with Gasteiger partial charge in [-0.15, -0.1) is 35.0 Å². The lowest BCUT2D eigenvalue weighted by Crippen LogP contribution is -2.16. The molecule has 0 saturated heterocycles. The Hall–Kier alpha value is -0.490. The number of hydrogen-bond acceptors (Lipinski definition) is 5. The SMILES string of the molecule is CC(C)Nc1cc(Cl)nnc1NN.Cl.Cl. The highest BCUT2D eigenvalue weighted by Gasteiger charge is 2.05. The fraction of sp³-hybridized carbons (Fsp3) is 0.429. The van der Waals surface area contributed by atoms with Gasteiger partial charge in [-0.05, 0) is 13.8 Å². The Bertz CT molecular complexity index is 294. The van der Waals surface area contributed by atoms with Gasteiger partial charge in [-0.2, -0.15) is 0 Å². The van der Waals surface area contributed by atoms with E-state index in [0.717, 1.165) is 5.69 Å². The van der Waals surface area contributed by atoms with Crippen molar-refractivity contribution >= 4 is 47.9 Å². The van der Waals surface area contributed by atoms with E-state index in [0.29, 0.717) is 11.0 Å². The van der Waals surface area contributed by atoms with Crippen LogP contribution in [0.25, 0.3) is 0 Å². The van der Waals surface area contributed by atoms with Crippen molar-refractivity contribution in [1.29, 1.82) is 0 Å². The molecule has 5 nitrogen and oxygen atoms in total. The lowest BCUT2D eigenvalue weighted by Gasteiger charge is -2.12. The molecule has 1 rings (SSSR count). The molecular formula is C7H14Cl3N5. The van der Waals surface area contributed by atoms with Crippen molar-refractivity contribution in [1.82, 2.24) is 10.2 Å². The smallest absolute Gasteiger partial charge is 0.186 e. The van der Waals surface area contributed by atoms with E-state index in [1.165, 1.54) is 0 Å². The van der Waals surface area contributed by atoms with Gasteiger partial charge in [0.15, 0.2) is 11.0 Å². The summed E-state index contributed by atoms with van der Waals surface area (Å²) in [5, 5.41) is 10.9. The van der Waals surface area contributed by atoms with Crippen LogP contribution < -0.4 is 16.6 Å². The van der Waals surface area contributed by atoms with Crippen molar-refractivity contribution in [3.63, 3.8) is 0 Å². The number of aromatic nitrogens is 2. The number of nitrogens with two attached hydrogens (primary N) is 1. The van der Waals surface area contributed by atoms with Gasteiger partial charge in [-0.25, -0.2) is 5.84 Å². The predicted molar refractivity (Wildman–Crippen MR) is 68.1 cm³/mol. The van der Waals surface area contributed by atoms with Crippen molar-refractivity contribution in [2.75, 3.05) is 10.7 Å². The van der Waals surface area contributed by atoms with Crippen LogP contribution in [0.5, 0.6) is 0 Å². The van der Waals surface area contributed by atoms with E-state index in [4.69, 9.17) is 17.4 Å². The van der Waals surface area contributed by atoms with Gasteiger partial charge in [0.1, 0.15) is 0 Å². The fourth-order valence-corrected chi connectivity index (χ4v) is 1.04. The molecule has 0 unspecified atom stereocenters. The van der Waals surface area contributed by atoms with E-state index in [-0.39, 0.29) is 30.9 Å². The molecular weight excluding hydrogens is 260 g/mol. The first-order chi connectivity index (χ1) is 6.13. The first-order valence-corrected chi connectivity index (χ1v) is 4.27. The summed E-state index contributed by atoms with van der Waals surface area (Å²) < 4.78 is 0. The number of halogens is 3. The maximum atomic E-state index is 5.68. The molecule has 0 atom stereocenters. The highest BCUT2D eigenvalue weighted by atomic mass is 35.5. The van der Waals surface area contributed by atoms with Crippen molar-refractivity contribution in [2.24, 2.45) is 5.84 Å². The Morgan fingerprint density at radius 2 is 1.93 bits per heavy atom. The quantitative estimate of drug-likeness (QED) is 0.581. The Balaban J connectivity index is 0. The monoisotopic (exact) mass is 273 g/mol. The second kappa shape index (κ2) is 7.76. The van der Waals surface area contributed by atoms with Crippen molar-refractivity contribution in [3.8, 4) is 0 Å². The maximum absolute atomic E-state index is 5.68. The van der Waals surface area contributed by atoms with Gasteiger partial charge >= 0.3 is 0 Å². The summed E-state index contributed by atoms with van der Waals surface area (Å²) in [6.07, 6.45) is 0. The molecule has 0 bridgehead atoms. The van der Waals surface area contributed by atoms with Gasteiger partial charge in [0.2, 0.25) is 0 Å². The number of rotatable bonds is 3. The Morgan fingerprint density at radius 3 is 2.40 bits per heavy atom. The molecule has 1 aromatic heterocycles. The Labute approximate surface area is 106 Å². The molecule has 1 aromatic rings. The Kier molecular flexibility index (Phi) is 8.75. The van der Waals surface area contributed by atoms with Gasteiger partial charge in [-0.1, -0.05) is 11.6 Å². The highest BCUT2D eigenvalue weighted by Crippen LogP contribution is 2.20. The van der Waals surface area contributed by atoms with Crippen LogP contribution in [0.15, 0.2) is 6.07 Å². The third kappa shape index (κ3) is 5.22. The molecule has 0 aliphatic carbocycles. The van der Waals surface area contributed by atoms with Crippen LogP contribution in [0.3, 0.4) is 0 Å². The van der Waals surface area contributed by atoms with Crippen molar-refractivity contribution in [3.05, 3.63) is 11.2 Å². The molecule has 15 heavy (non-hydrogen) atoms. The maximum Gasteiger partial charge on any atom is 0.186 e. The van der Waals surface area contributed by atoms with E-state index in [9.17, 15) is 0 Å². The summed E-state index contributed by atoms with van der Waals surface area (Å²) in [5.74, 6) is 5.73. The third-order valence-corrected chi connectivity index (χ3v) is 1.53. The molecule has 1 heterocycles. The standard InChI is InChI=1S/C7H12ClN5.2ClH/c1-4(2)10-5-3-6(8)12-13-7(5)11-9;;/h3-4H,9H2,1-2H3,(H,10,12)(H,11,13);2*1H. The second-order valence-electron chi connectivity index (χ2n) is 2.87. The molecule has 0 aliphatic heterocycles. The lowest BCUT2D eigenvalue weighted by molar-refractivity contribution is 0.892. The number of nitrogens with one attached hydrogen (secondary N) is 2. The van der Waals surface area contributed by atoms with E-state index < -0.39 is 0 Å². The topological polar surface area (TPSA) is 75.9 Å². The van der Waals surface area contributed by atoms with Crippen LogP contribution in [0.4, 0.5) is 11.5 Å². The van der Waals surface area contributed by atoms with Crippen LogP contribution in [0.2, 0.25) is 5.15 Å². The molecule has 0 spiro atoms. The summed E-state index contributed by atoms with van der Waals surface area (Å²) in [6, 6.07) is 1.95. The zero-order chi connectivity index (χ0) is 9.84. The van der Waals surface area contributed by atoms with E-state index in [2.05, 4.69) is 20.9 Å². The van der Waals surface area contributed by atoms with Crippen molar-refractivity contribution in [2.45, 2.75) is 19.9 Å². The number of anilines is 2. The van der Waals surface area contributed by atoms with Gasteiger partial charge < -0.3 is 10.7 Å². The van der Waals surface area contributed by atoms with Crippen LogP contribution in [0, 0.1) is 0 Å². The van der Waals surface area contributed by atoms with Gasteiger partial charge in [-0.3, -0.25) is 0 Å². The van der Waals surface area contributed by atoms with Gasteiger partial charge in [0, 0.05) is 12.1 Å². The molecule has 8 heteroatoms. The summed E-state index contributed by atoms with van der Waals surface area (Å²) in [5.41, 5.74) is 3.18. The summed E-state index contributed by atoms with van der Waals surface area (Å²) in [6.45, 7) is 4.02. The zero-order valence-corrected chi connectivity index (χ0v) is 10.7. The molecule has 0 saturated carbocycles. The van der Waals surface area contributed by atoms with Gasteiger partial charge in [0.25, 0.3) is 0 Å². The average molecular weight is 275 g/mol. The molecule has 0 fully saturated rings. The molecule has 4 N–H and O–H groups in total. The Morgan fingerprint density at radius 1 is 1.33 bits per heavy atom. The normalized spacial score (nSPS) is 8.87. The number of hydrogen-bond donors (Lipinski definition) is 3. The largest absolute Gasteiger partial charge is 0.380 e. The van der Waals surface area contributed by atoms with E-state index in [1.54, 1.807) is 6.07 Å². The van der Waals surface area contributed by atoms with Crippen LogP contribution in [0.1, 0.15) is 13.8 Å².